The number of rotatable bonds is 4. The van der Waals surface area contributed by atoms with Gasteiger partial charge in [0.15, 0.2) is 11.6 Å². The van der Waals surface area contributed by atoms with Crippen LogP contribution in [0.3, 0.4) is 0 Å². The van der Waals surface area contributed by atoms with Gasteiger partial charge >= 0.3 is 0 Å². The third-order valence-corrected chi connectivity index (χ3v) is 2.11. The third kappa shape index (κ3) is 2.91. The summed E-state index contributed by atoms with van der Waals surface area (Å²) >= 11 is 0. The zero-order chi connectivity index (χ0) is 13.0. The zero-order valence-electron chi connectivity index (χ0n) is 9.65. The number of nitrogens with zero attached hydrogens (tertiary/aromatic N) is 2. The lowest BCUT2D eigenvalue weighted by atomic mass is 10.3. The molecular weight excluding hydrogens is 240 g/mol. The normalized spacial score (nSPS) is 10.2. The van der Waals surface area contributed by atoms with Gasteiger partial charge in [0, 0.05) is 18.7 Å². The van der Waals surface area contributed by atoms with Gasteiger partial charge in [-0.25, -0.2) is 18.7 Å². The molecule has 0 aliphatic heterocycles. The molecule has 94 valence electrons. The molecule has 1 heterocycles. The number of benzene rings is 1. The van der Waals surface area contributed by atoms with Crippen molar-refractivity contribution in [3.05, 3.63) is 42.2 Å². The first kappa shape index (κ1) is 12.2. The molecule has 18 heavy (non-hydrogen) atoms. The second-order valence-corrected chi connectivity index (χ2v) is 3.45. The van der Waals surface area contributed by atoms with E-state index in [1.807, 2.05) is 6.92 Å². The summed E-state index contributed by atoms with van der Waals surface area (Å²) in [7, 11) is 0. The Hall–Kier alpha value is -2.24. The van der Waals surface area contributed by atoms with Crippen molar-refractivity contribution >= 4 is 5.82 Å². The number of hydrogen-bond donors (Lipinski definition) is 1. The van der Waals surface area contributed by atoms with Gasteiger partial charge in [-0.15, -0.1) is 0 Å². The van der Waals surface area contributed by atoms with Crippen LogP contribution in [0.4, 0.5) is 14.6 Å². The minimum Gasteiger partial charge on any atom is -0.436 e. The van der Waals surface area contributed by atoms with E-state index >= 15 is 0 Å². The second kappa shape index (κ2) is 5.39. The lowest BCUT2D eigenvalue weighted by molar-refractivity contribution is 0.423. The smallest absolute Gasteiger partial charge is 0.224 e. The average Bonchev–Trinajstić information content (AvgIpc) is 2.34. The molecule has 2 rings (SSSR count). The molecule has 0 radical (unpaired) electrons. The topological polar surface area (TPSA) is 47.0 Å². The van der Waals surface area contributed by atoms with E-state index in [0.717, 1.165) is 12.1 Å². The van der Waals surface area contributed by atoms with E-state index in [1.54, 1.807) is 0 Å². The van der Waals surface area contributed by atoms with Crippen molar-refractivity contribution in [1.82, 2.24) is 9.97 Å². The standard InChI is InChI=1S/C12H11F2N3O/c1-2-15-11-6-12(17-7-16-11)18-10-4-3-8(13)5-9(10)14/h3-7H,2H2,1H3,(H,15,16,17). The minimum absolute atomic E-state index is 0.0856. The Morgan fingerprint density at radius 3 is 2.78 bits per heavy atom. The monoisotopic (exact) mass is 251 g/mol. The Balaban J connectivity index is 2.20. The lowest BCUT2D eigenvalue weighted by Gasteiger charge is -2.07. The number of hydrogen-bond acceptors (Lipinski definition) is 4. The van der Waals surface area contributed by atoms with Crippen molar-refractivity contribution in [2.45, 2.75) is 6.92 Å². The second-order valence-electron chi connectivity index (χ2n) is 3.45. The van der Waals surface area contributed by atoms with Gasteiger partial charge < -0.3 is 10.1 Å². The van der Waals surface area contributed by atoms with E-state index < -0.39 is 11.6 Å². The number of ether oxygens (including phenoxy) is 1. The van der Waals surface area contributed by atoms with E-state index in [1.165, 1.54) is 18.5 Å². The number of anilines is 1. The van der Waals surface area contributed by atoms with Gasteiger partial charge in [0.05, 0.1) is 0 Å². The van der Waals surface area contributed by atoms with Gasteiger partial charge in [-0.05, 0) is 19.1 Å². The highest BCUT2D eigenvalue weighted by Crippen LogP contribution is 2.24. The van der Waals surface area contributed by atoms with Crippen molar-refractivity contribution in [2.24, 2.45) is 0 Å². The predicted octanol–water partition coefficient (Wildman–Crippen LogP) is 2.98. The van der Waals surface area contributed by atoms with Gasteiger partial charge in [-0.3, -0.25) is 0 Å². The maximum Gasteiger partial charge on any atom is 0.224 e. The molecule has 0 amide bonds. The molecule has 0 atom stereocenters. The SMILES string of the molecule is CCNc1cc(Oc2ccc(F)cc2F)ncn1. The number of halogens is 2. The summed E-state index contributed by atoms with van der Waals surface area (Å²) in [6, 6.07) is 4.61. The van der Waals surface area contributed by atoms with Crippen LogP contribution >= 0.6 is 0 Å². The van der Waals surface area contributed by atoms with Crippen LogP contribution < -0.4 is 10.1 Å². The maximum atomic E-state index is 13.4. The van der Waals surface area contributed by atoms with Crippen molar-refractivity contribution in [3.63, 3.8) is 0 Å². The molecule has 0 aliphatic rings. The van der Waals surface area contributed by atoms with E-state index in [2.05, 4.69) is 15.3 Å². The van der Waals surface area contributed by atoms with Gasteiger partial charge in [0.2, 0.25) is 5.88 Å². The first-order valence-electron chi connectivity index (χ1n) is 5.38. The van der Waals surface area contributed by atoms with E-state index in [0.29, 0.717) is 12.4 Å². The molecule has 0 bridgehead atoms. The summed E-state index contributed by atoms with van der Waals surface area (Å²) in [6.07, 6.45) is 1.30. The van der Waals surface area contributed by atoms with E-state index in [4.69, 9.17) is 4.74 Å². The van der Waals surface area contributed by atoms with Crippen LogP contribution in [0.1, 0.15) is 6.92 Å². The summed E-state index contributed by atoms with van der Waals surface area (Å²) in [5.41, 5.74) is 0. The van der Waals surface area contributed by atoms with E-state index in [-0.39, 0.29) is 11.6 Å². The Morgan fingerprint density at radius 1 is 1.22 bits per heavy atom. The number of aromatic nitrogens is 2. The van der Waals surface area contributed by atoms with Gasteiger partial charge in [-0.2, -0.15) is 0 Å². The number of nitrogens with one attached hydrogen (secondary N) is 1. The quantitative estimate of drug-likeness (QED) is 0.907. The van der Waals surface area contributed by atoms with Crippen LogP contribution in [0.25, 0.3) is 0 Å². The average molecular weight is 251 g/mol. The van der Waals surface area contributed by atoms with E-state index in [9.17, 15) is 8.78 Å². The van der Waals surface area contributed by atoms with Crippen LogP contribution in [0.5, 0.6) is 11.6 Å². The maximum absolute atomic E-state index is 13.4. The van der Waals surface area contributed by atoms with Crippen molar-refractivity contribution < 1.29 is 13.5 Å². The predicted molar refractivity (Wildman–Crippen MR) is 62.6 cm³/mol. The van der Waals surface area contributed by atoms with Crippen LogP contribution in [0, 0.1) is 11.6 Å². The fraction of sp³-hybridized carbons (Fsp3) is 0.167. The largest absolute Gasteiger partial charge is 0.436 e. The van der Waals surface area contributed by atoms with Crippen LogP contribution in [0.15, 0.2) is 30.6 Å². The molecule has 0 saturated heterocycles. The fourth-order valence-corrected chi connectivity index (χ4v) is 1.34. The highest BCUT2D eigenvalue weighted by Gasteiger charge is 2.07. The summed E-state index contributed by atoms with van der Waals surface area (Å²) in [5, 5.41) is 2.97. The third-order valence-electron chi connectivity index (χ3n) is 2.11. The van der Waals surface area contributed by atoms with Crippen LogP contribution in [0.2, 0.25) is 0 Å². The van der Waals surface area contributed by atoms with Gasteiger partial charge in [0.1, 0.15) is 18.0 Å². The molecule has 0 saturated carbocycles. The Bertz CT molecular complexity index is 549. The molecule has 0 aliphatic carbocycles. The molecule has 4 nitrogen and oxygen atoms in total. The molecule has 0 spiro atoms. The van der Waals surface area contributed by atoms with Gasteiger partial charge in [-0.1, -0.05) is 0 Å². The summed E-state index contributed by atoms with van der Waals surface area (Å²) < 4.78 is 31.3. The van der Waals surface area contributed by atoms with Crippen molar-refractivity contribution in [2.75, 3.05) is 11.9 Å². The van der Waals surface area contributed by atoms with Crippen LogP contribution in [-0.2, 0) is 0 Å². The lowest BCUT2D eigenvalue weighted by Crippen LogP contribution is -2.00. The Kier molecular flexibility index (Phi) is 3.66. The zero-order valence-corrected chi connectivity index (χ0v) is 9.65. The molecule has 0 fully saturated rings. The molecule has 2 aromatic rings. The Morgan fingerprint density at radius 2 is 2.06 bits per heavy atom. The molecule has 1 aromatic heterocycles. The van der Waals surface area contributed by atoms with Gasteiger partial charge in [0.25, 0.3) is 0 Å². The molecule has 0 unspecified atom stereocenters. The van der Waals surface area contributed by atoms with Crippen molar-refractivity contribution in [1.29, 1.82) is 0 Å². The highest BCUT2D eigenvalue weighted by molar-refractivity contribution is 5.38. The molecular formula is C12H11F2N3O. The Labute approximate surface area is 103 Å². The van der Waals surface area contributed by atoms with Crippen molar-refractivity contribution in [3.8, 4) is 11.6 Å². The summed E-state index contributed by atoms with van der Waals surface area (Å²) in [4.78, 5) is 7.80. The minimum atomic E-state index is -0.779. The fourth-order valence-electron chi connectivity index (χ4n) is 1.34. The summed E-state index contributed by atoms with van der Waals surface area (Å²) in [5.74, 6) is -0.761. The molecule has 1 N–H and O–H groups in total. The molecule has 1 aromatic carbocycles. The first-order valence-corrected chi connectivity index (χ1v) is 5.38. The summed E-state index contributed by atoms with van der Waals surface area (Å²) in [6.45, 7) is 2.61. The highest BCUT2D eigenvalue weighted by atomic mass is 19.1. The van der Waals surface area contributed by atoms with Crippen LogP contribution in [-0.4, -0.2) is 16.5 Å². The molecule has 6 heteroatoms. The first-order chi connectivity index (χ1) is 8.69.